The SMILES string of the molecule is COc1ccc(Br)cc1CSc1nnc(C2CC2)n1Cc1ccco1. The lowest BCUT2D eigenvalue weighted by Gasteiger charge is -2.10. The lowest BCUT2D eigenvalue weighted by Crippen LogP contribution is -2.05. The molecule has 1 fully saturated rings. The van der Waals surface area contributed by atoms with Crippen molar-refractivity contribution >= 4 is 27.7 Å². The Hall–Kier alpha value is -1.73. The summed E-state index contributed by atoms with van der Waals surface area (Å²) in [6.45, 7) is 0.670. The van der Waals surface area contributed by atoms with Gasteiger partial charge in [0.15, 0.2) is 5.16 Å². The van der Waals surface area contributed by atoms with Crippen LogP contribution < -0.4 is 4.74 Å². The number of nitrogens with zero attached hydrogens (tertiary/aromatic N) is 3. The first kappa shape index (κ1) is 16.7. The number of aromatic nitrogens is 3. The zero-order valence-electron chi connectivity index (χ0n) is 13.8. The van der Waals surface area contributed by atoms with Gasteiger partial charge in [0.25, 0.3) is 0 Å². The fourth-order valence-corrected chi connectivity index (χ4v) is 4.09. The van der Waals surface area contributed by atoms with Crippen LogP contribution in [0.5, 0.6) is 5.75 Å². The maximum absolute atomic E-state index is 5.52. The van der Waals surface area contributed by atoms with Crippen LogP contribution >= 0.6 is 27.7 Å². The van der Waals surface area contributed by atoms with Gasteiger partial charge in [0.05, 0.1) is 19.9 Å². The average molecular weight is 420 g/mol. The van der Waals surface area contributed by atoms with Gasteiger partial charge in [0.1, 0.15) is 17.3 Å². The number of benzene rings is 1. The molecule has 0 aliphatic heterocycles. The van der Waals surface area contributed by atoms with Crippen LogP contribution in [-0.2, 0) is 12.3 Å². The number of furan rings is 1. The molecule has 7 heteroatoms. The first-order valence-corrected chi connectivity index (χ1v) is 9.93. The molecule has 0 amide bonds. The highest BCUT2D eigenvalue weighted by Crippen LogP contribution is 2.40. The second-order valence-corrected chi connectivity index (χ2v) is 7.88. The fourth-order valence-electron chi connectivity index (χ4n) is 2.76. The van der Waals surface area contributed by atoms with Crippen LogP contribution in [0.3, 0.4) is 0 Å². The molecule has 0 unspecified atom stereocenters. The second-order valence-electron chi connectivity index (χ2n) is 6.03. The van der Waals surface area contributed by atoms with E-state index in [1.165, 1.54) is 12.8 Å². The molecular weight excluding hydrogens is 402 g/mol. The monoisotopic (exact) mass is 419 g/mol. The normalized spacial score (nSPS) is 14.0. The van der Waals surface area contributed by atoms with E-state index in [-0.39, 0.29) is 0 Å². The van der Waals surface area contributed by atoms with Gasteiger partial charge in [-0.2, -0.15) is 0 Å². The van der Waals surface area contributed by atoms with Crippen molar-refractivity contribution in [2.45, 2.75) is 36.2 Å². The Morgan fingerprint density at radius 1 is 1.32 bits per heavy atom. The first-order chi connectivity index (χ1) is 12.2. The standard InChI is InChI=1S/C18H18BrN3O2S/c1-23-16-7-6-14(19)9-13(16)11-25-18-21-20-17(12-4-5-12)22(18)10-15-3-2-8-24-15/h2-3,6-9,12H,4-5,10-11H2,1H3. The van der Waals surface area contributed by atoms with Gasteiger partial charge >= 0.3 is 0 Å². The Bertz CT molecular complexity index is 859. The zero-order valence-corrected chi connectivity index (χ0v) is 16.2. The molecule has 0 N–H and O–H groups in total. The van der Waals surface area contributed by atoms with Crippen LogP contribution in [0.4, 0.5) is 0 Å². The lowest BCUT2D eigenvalue weighted by molar-refractivity contribution is 0.411. The summed E-state index contributed by atoms with van der Waals surface area (Å²) in [5.74, 6) is 4.18. The Balaban J connectivity index is 1.57. The smallest absolute Gasteiger partial charge is 0.191 e. The summed E-state index contributed by atoms with van der Waals surface area (Å²) >= 11 is 5.20. The van der Waals surface area contributed by atoms with E-state index in [0.717, 1.165) is 38.3 Å². The highest BCUT2D eigenvalue weighted by atomic mass is 79.9. The molecular formula is C18H18BrN3O2S. The number of halogens is 1. The number of thioether (sulfide) groups is 1. The van der Waals surface area contributed by atoms with Crippen molar-refractivity contribution in [3.63, 3.8) is 0 Å². The predicted octanol–water partition coefficient (Wildman–Crippen LogP) is 4.86. The van der Waals surface area contributed by atoms with Crippen LogP contribution in [0.2, 0.25) is 0 Å². The largest absolute Gasteiger partial charge is 0.496 e. The summed E-state index contributed by atoms with van der Waals surface area (Å²) in [4.78, 5) is 0. The quantitative estimate of drug-likeness (QED) is 0.511. The van der Waals surface area contributed by atoms with Crippen molar-refractivity contribution in [2.75, 3.05) is 7.11 Å². The molecule has 25 heavy (non-hydrogen) atoms. The average Bonchev–Trinajstić information content (AvgIpc) is 3.18. The van der Waals surface area contributed by atoms with E-state index in [1.54, 1.807) is 25.1 Å². The molecule has 0 radical (unpaired) electrons. The van der Waals surface area contributed by atoms with Crippen molar-refractivity contribution in [1.82, 2.24) is 14.8 Å². The van der Waals surface area contributed by atoms with Crippen LogP contribution in [0, 0.1) is 0 Å². The van der Waals surface area contributed by atoms with Crippen LogP contribution in [0.1, 0.15) is 35.9 Å². The van der Waals surface area contributed by atoms with Gasteiger partial charge < -0.3 is 9.15 Å². The minimum absolute atomic E-state index is 0.539. The molecule has 2 aromatic heterocycles. The van der Waals surface area contributed by atoms with Gasteiger partial charge in [-0.1, -0.05) is 27.7 Å². The molecule has 0 atom stereocenters. The first-order valence-electron chi connectivity index (χ1n) is 8.15. The summed E-state index contributed by atoms with van der Waals surface area (Å²) in [5, 5.41) is 9.79. The Kier molecular flexibility index (Phi) is 4.85. The molecule has 4 rings (SSSR count). The number of hydrogen-bond donors (Lipinski definition) is 0. The van der Waals surface area contributed by atoms with E-state index < -0.39 is 0 Å². The minimum atomic E-state index is 0.539. The lowest BCUT2D eigenvalue weighted by atomic mass is 10.2. The summed E-state index contributed by atoms with van der Waals surface area (Å²) in [6, 6.07) is 9.94. The highest BCUT2D eigenvalue weighted by Gasteiger charge is 2.30. The van der Waals surface area contributed by atoms with E-state index in [0.29, 0.717) is 12.5 Å². The minimum Gasteiger partial charge on any atom is -0.496 e. The molecule has 5 nitrogen and oxygen atoms in total. The third kappa shape index (κ3) is 3.77. The Morgan fingerprint density at radius 2 is 2.20 bits per heavy atom. The molecule has 1 saturated carbocycles. The van der Waals surface area contributed by atoms with Crippen molar-refractivity contribution < 1.29 is 9.15 Å². The number of rotatable bonds is 7. The highest BCUT2D eigenvalue weighted by molar-refractivity contribution is 9.10. The summed E-state index contributed by atoms with van der Waals surface area (Å²) in [6.07, 6.45) is 4.09. The molecule has 3 aromatic rings. The summed E-state index contributed by atoms with van der Waals surface area (Å²) in [7, 11) is 1.70. The van der Waals surface area contributed by atoms with E-state index in [2.05, 4.69) is 36.8 Å². The Morgan fingerprint density at radius 3 is 2.92 bits per heavy atom. The van der Waals surface area contributed by atoms with E-state index >= 15 is 0 Å². The molecule has 2 heterocycles. The van der Waals surface area contributed by atoms with Crippen LogP contribution in [0.25, 0.3) is 0 Å². The molecule has 0 saturated heterocycles. The topological polar surface area (TPSA) is 53.1 Å². The van der Waals surface area contributed by atoms with Gasteiger partial charge in [-0.3, -0.25) is 4.57 Å². The van der Waals surface area contributed by atoms with Gasteiger partial charge in [-0.05, 0) is 43.2 Å². The molecule has 130 valence electrons. The van der Waals surface area contributed by atoms with Crippen LogP contribution in [-0.4, -0.2) is 21.9 Å². The van der Waals surface area contributed by atoms with Crippen LogP contribution in [0.15, 0.2) is 50.6 Å². The van der Waals surface area contributed by atoms with E-state index in [4.69, 9.17) is 9.15 Å². The van der Waals surface area contributed by atoms with Crippen molar-refractivity contribution in [3.05, 3.63) is 58.2 Å². The number of hydrogen-bond acceptors (Lipinski definition) is 5. The molecule has 1 aliphatic carbocycles. The zero-order chi connectivity index (χ0) is 17.2. The summed E-state index contributed by atoms with van der Waals surface area (Å²) < 4.78 is 14.2. The van der Waals surface area contributed by atoms with Crippen molar-refractivity contribution in [3.8, 4) is 5.75 Å². The Labute approximate surface area is 158 Å². The molecule has 1 aromatic carbocycles. The third-order valence-electron chi connectivity index (χ3n) is 4.18. The predicted molar refractivity (Wildman–Crippen MR) is 100 cm³/mol. The van der Waals surface area contributed by atoms with Gasteiger partial charge in [0.2, 0.25) is 0 Å². The number of ether oxygens (including phenoxy) is 1. The van der Waals surface area contributed by atoms with E-state index in [9.17, 15) is 0 Å². The summed E-state index contributed by atoms with van der Waals surface area (Å²) in [5.41, 5.74) is 1.13. The fraction of sp³-hybridized carbons (Fsp3) is 0.333. The van der Waals surface area contributed by atoms with Crippen molar-refractivity contribution in [1.29, 1.82) is 0 Å². The van der Waals surface area contributed by atoms with Gasteiger partial charge in [-0.25, -0.2) is 0 Å². The second kappa shape index (κ2) is 7.25. The number of methoxy groups -OCH3 is 1. The van der Waals surface area contributed by atoms with Gasteiger partial charge in [0, 0.05) is 21.7 Å². The molecule has 0 spiro atoms. The molecule has 1 aliphatic rings. The van der Waals surface area contributed by atoms with Gasteiger partial charge in [-0.15, -0.1) is 10.2 Å². The molecule has 0 bridgehead atoms. The third-order valence-corrected chi connectivity index (χ3v) is 5.69. The van der Waals surface area contributed by atoms with Crippen molar-refractivity contribution in [2.24, 2.45) is 0 Å². The van der Waals surface area contributed by atoms with E-state index in [1.807, 2.05) is 24.3 Å². The maximum Gasteiger partial charge on any atom is 0.191 e. The maximum atomic E-state index is 5.52.